The van der Waals surface area contributed by atoms with Gasteiger partial charge >= 0.3 is 12.1 Å². The monoisotopic (exact) mass is 548 g/mol. The molecule has 188 valence electrons. The van der Waals surface area contributed by atoms with E-state index in [2.05, 4.69) is 15.4 Å². The molecule has 0 spiro atoms. The Labute approximate surface area is 214 Å². The fourth-order valence-electron chi connectivity index (χ4n) is 3.62. The zero-order valence-electron chi connectivity index (χ0n) is 18.6. The summed E-state index contributed by atoms with van der Waals surface area (Å²) in [6, 6.07) is 11.4. The topological polar surface area (TPSA) is 85.6 Å². The number of nitrogens with zero attached hydrogens (tertiary/aromatic N) is 3. The summed E-state index contributed by atoms with van der Waals surface area (Å²) in [5.74, 6) is -1.93. The Kier molecular flexibility index (Phi) is 6.08. The first-order valence-electron chi connectivity index (χ1n) is 10.4. The molecule has 0 aliphatic heterocycles. The molecule has 3 aromatic heterocycles. The van der Waals surface area contributed by atoms with Crippen molar-refractivity contribution in [1.82, 2.24) is 14.6 Å². The molecule has 5 aromatic rings. The van der Waals surface area contributed by atoms with E-state index in [0.717, 1.165) is 35.6 Å². The summed E-state index contributed by atoms with van der Waals surface area (Å²) >= 11 is 7.30. The molecule has 37 heavy (non-hydrogen) atoms. The van der Waals surface area contributed by atoms with Gasteiger partial charge in [-0.25, -0.2) is 18.7 Å². The zero-order chi connectivity index (χ0) is 26.5. The van der Waals surface area contributed by atoms with E-state index in [4.69, 9.17) is 16.3 Å². The highest BCUT2D eigenvalue weighted by atomic mass is 35.5. The summed E-state index contributed by atoms with van der Waals surface area (Å²) in [4.78, 5) is 29.1. The van der Waals surface area contributed by atoms with Crippen LogP contribution in [-0.2, 0) is 10.9 Å². The number of halogens is 5. The predicted molar refractivity (Wildman–Crippen MR) is 130 cm³/mol. The zero-order valence-corrected chi connectivity index (χ0v) is 20.1. The first kappa shape index (κ1) is 24.7. The third kappa shape index (κ3) is 4.60. The molecule has 0 bridgehead atoms. The van der Waals surface area contributed by atoms with Crippen molar-refractivity contribution in [3.63, 3.8) is 0 Å². The summed E-state index contributed by atoms with van der Waals surface area (Å²) in [6.07, 6.45) is -4.81. The van der Waals surface area contributed by atoms with Crippen molar-refractivity contribution in [3.05, 3.63) is 81.7 Å². The molecular weight excluding hydrogens is 536 g/mol. The molecule has 0 unspecified atom stereocenters. The van der Waals surface area contributed by atoms with Crippen LogP contribution >= 0.6 is 22.9 Å². The van der Waals surface area contributed by atoms with Crippen molar-refractivity contribution < 1.29 is 31.9 Å². The number of hydrogen-bond donors (Lipinski definition) is 1. The van der Waals surface area contributed by atoms with Gasteiger partial charge in [-0.3, -0.25) is 4.79 Å². The Hall–Kier alpha value is -4.03. The fourth-order valence-corrected chi connectivity index (χ4v) is 5.08. The van der Waals surface area contributed by atoms with Crippen molar-refractivity contribution in [3.8, 4) is 11.3 Å². The molecule has 0 aliphatic rings. The maximum absolute atomic E-state index is 13.8. The largest absolute Gasteiger partial charge is 0.465 e. The Morgan fingerprint density at radius 3 is 2.49 bits per heavy atom. The van der Waals surface area contributed by atoms with Crippen LogP contribution in [0.4, 0.5) is 23.2 Å². The highest BCUT2D eigenvalue weighted by Gasteiger charge is 2.35. The lowest BCUT2D eigenvalue weighted by molar-refractivity contribution is -0.142. The molecule has 0 aliphatic carbocycles. The second-order valence-corrected chi connectivity index (χ2v) is 9.16. The van der Waals surface area contributed by atoms with Crippen LogP contribution in [0.3, 0.4) is 0 Å². The van der Waals surface area contributed by atoms with Crippen molar-refractivity contribution in [2.24, 2.45) is 0 Å². The molecule has 1 N–H and O–H groups in total. The van der Waals surface area contributed by atoms with Gasteiger partial charge in [-0.1, -0.05) is 11.6 Å². The standard InChI is InChI=1S/C24H13ClF4N4O3S/c1-36-23(35)21-20(25)14-7-6-13(8-17(14)37-21)30-22(34)16-10-19-31-15(11-2-4-12(26)5-3-11)9-18(24(27,28)29)33(19)32-16/h2-10H,1H3,(H,30,34). The van der Waals surface area contributed by atoms with Crippen molar-refractivity contribution in [1.29, 1.82) is 0 Å². The molecule has 0 atom stereocenters. The summed E-state index contributed by atoms with van der Waals surface area (Å²) in [7, 11) is 1.23. The Balaban J connectivity index is 1.51. The molecule has 0 saturated carbocycles. The number of carbonyl (C=O) groups excluding carboxylic acids is 2. The number of amides is 1. The highest BCUT2D eigenvalue weighted by molar-refractivity contribution is 7.21. The Morgan fingerprint density at radius 2 is 1.81 bits per heavy atom. The number of ether oxygens (including phenoxy) is 1. The number of anilines is 1. The van der Waals surface area contributed by atoms with Crippen LogP contribution < -0.4 is 5.32 Å². The lowest BCUT2D eigenvalue weighted by Gasteiger charge is -2.11. The van der Waals surface area contributed by atoms with E-state index in [0.29, 0.717) is 20.3 Å². The maximum Gasteiger partial charge on any atom is 0.433 e. The molecule has 0 saturated heterocycles. The van der Waals surface area contributed by atoms with Gasteiger partial charge in [0, 0.05) is 27.4 Å². The smallest absolute Gasteiger partial charge is 0.433 e. The number of methoxy groups -OCH3 is 1. The molecular formula is C24H13ClF4N4O3S. The van der Waals surface area contributed by atoms with Crippen LogP contribution in [-0.4, -0.2) is 33.6 Å². The van der Waals surface area contributed by atoms with Crippen LogP contribution in [0.2, 0.25) is 5.02 Å². The highest BCUT2D eigenvalue weighted by Crippen LogP contribution is 2.37. The minimum absolute atomic E-state index is 0.0619. The number of benzene rings is 2. The van der Waals surface area contributed by atoms with Crippen LogP contribution in [0.25, 0.3) is 27.0 Å². The van der Waals surface area contributed by atoms with Crippen molar-refractivity contribution in [2.75, 3.05) is 12.4 Å². The van der Waals surface area contributed by atoms with E-state index in [1.165, 1.54) is 25.3 Å². The van der Waals surface area contributed by atoms with E-state index in [9.17, 15) is 27.2 Å². The van der Waals surface area contributed by atoms with Gasteiger partial charge in [0.2, 0.25) is 0 Å². The van der Waals surface area contributed by atoms with Gasteiger partial charge in [-0.15, -0.1) is 11.3 Å². The first-order valence-corrected chi connectivity index (χ1v) is 11.6. The van der Waals surface area contributed by atoms with Gasteiger partial charge in [0.25, 0.3) is 5.91 Å². The maximum atomic E-state index is 13.8. The number of alkyl halides is 3. The third-order valence-electron chi connectivity index (χ3n) is 5.35. The summed E-state index contributed by atoms with van der Waals surface area (Å²) in [5, 5.41) is 7.19. The lowest BCUT2D eigenvalue weighted by Crippen LogP contribution is -2.15. The lowest BCUT2D eigenvalue weighted by atomic mass is 10.1. The molecule has 2 aromatic carbocycles. The molecule has 5 rings (SSSR count). The number of fused-ring (bicyclic) bond motifs is 2. The molecule has 7 nitrogen and oxygen atoms in total. The van der Waals surface area contributed by atoms with E-state index >= 15 is 0 Å². The predicted octanol–water partition coefficient (Wildman–Crippen LogP) is 6.46. The van der Waals surface area contributed by atoms with Gasteiger partial charge < -0.3 is 10.1 Å². The number of carbonyl (C=O) groups is 2. The molecule has 1 amide bonds. The number of nitrogens with one attached hydrogen (secondary N) is 1. The van der Waals surface area contributed by atoms with Crippen LogP contribution in [0.15, 0.2) is 54.6 Å². The first-order chi connectivity index (χ1) is 17.5. The van der Waals surface area contributed by atoms with E-state index < -0.39 is 29.6 Å². The minimum atomic E-state index is -4.81. The third-order valence-corrected chi connectivity index (χ3v) is 6.99. The fraction of sp³-hybridized carbons (Fsp3) is 0.0833. The van der Waals surface area contributed by atoms with Gasteiger partial charge in [0.15, 0.2) is 17.0 Å². The summed E-state index contributed by atoms with van der Waals surface area (Å²) < 4.78 is 60.5. The molecule has 0 radical (unpaired) electrons. The summed E-state index contributed by atoms with van der Waals surface area (Å²) in [5.41, 5.74) is -1.18. The number of esters is 1. The van der Waals surface area contributed by atoms with Crippen molar-refractivity contribution in [2.45, 2.75) is 6.18 Å². The van der Waals surface area contributed by atoms with Crippen LogP contribution in [0.5, 0.6) is 0 Å². The average molecular weight is 549 g/mol. The number of aromatic nitrogens is 3. The second-order valence-electron chi connectivity index (χ2n) is 7.73. The van der Waals surface area contributed by atoms with Gasteiger partial charge in [-0.2, -0.15) is 18.3 Å². The van der Waals surface area contributed by atoms with Crippen LogP contribution in [0.1, 0.15) is 25.9 Å². The summed E-state index contributed by atoms with van der Waals surface area (Å²) in [6.45, 7) is 0. The molecule has 13 heteroatoms. The van der Waals surface area contributed by atoms with E-state index in [1.54, 1.807) is 12.1 Å². The quantitative estimate of drug-likeness (QED) is 0.206. The van der Waals surface area contributed by atoms with Gasteiger partial charge in [0.05, 0.1) is 17.8 Å². The van der Waals surface area contributed by atoms with E-state index in [1.807, 2.05) is 0 Å². The van der Waals surface area contributed by atoms with Gasteiger partial charge in [-0.05, 0) is 48.5 Å². The second kappa shape index (κ2) is 9.12. The SMILES string of the molecule is COC(=O)c1sc2cc(NC(=O)c3cc4nc(-c5ccc(F)cc5)cc(C(F)(F)F)n4n3)ccc2c1Cl. The Bertz CT molecular complexity index is 1700. The normalized spacial score (nSPS) is 11.7. The Morgan fingerprint density at radius 1 is 1.08 bits per heavy atom. The number of thiophene rings is 1. The van der Waals surface area contributed by atoms with E-state index in [-0.39, 0.29) is 32.5 Å². The van der Waals surface area contributed by atoms with Crippen molar-refractivity contribution >= 4 is 56.2 Å². The van der Waals surface area contributed by atoms with Crippen LogP contribution in [0, 0.1) is 5.82 Å². The van der Waals surface area contributed by atoms with Gasteiger partial charge in [0.1, 0.15) is 10.7 Å². The average Bonchev–Trinajstić information content (AvgIpc) is 3.44. The molecule has 0 fully saturated rings. The molecule has 3 heterocycles. The minimum Gasteiger partial charge on any atom is -0.465 e. The number of rotatable bonds is 4. The number of hydrogen-bond acceptors (Lipinski definition) is 6.